The molecule has 0 unspecified atom stereocenters. The standard InChI is InChI=1S/C16H13FIN3O2/c1-9-4-11(18)2-3-12(9)21-15-10(6-23-8-22)5-13-16(14(15)17)20-7-19-13/h2-5,7-8,21H,6H2,1H3,(H,19,20). The molecular weight excluding hydrogens is 412 g/mol. The molecule has 2 aromatic carbocycles. The number of hydrogen-bond acceptors (Lipinski definition) is 4. The highest BCUT2D eigenvalue weighted by Gasteiger charge is 2.16. The largest absolute Gasteiger partial charge is 0.463 e. The summed E-state index contributed by atoms with van der Waals surface area (Å²) in [6, 6.07) is 7.53. The lowest BCUT2D eigenvalue weighted by Gasteiger charge is -2.15. The van der Waals surface area contributed by atoms with Gasteiger partial charge in [-0.1, -0.05) is 0 Å². The number of rotatable bonds is 5. The van der Waals surface area contributed by atoms with E-state index in [1.54, 1.807) is 6.07 Å². The lowest BCUT2D eigenvalue weighted by atomic mass is 10.1. The summed E-state index contributed by atoms with van der Waals surface area (Å²) >= 11 is 2.22. The smallest absolute Gasteiger partial charge is 0.293 e. The van der Waals surface area contributed by atoms with Crippen LogP contribution in [0.2, 0.25) is 0 Å². The van der Waals surface area contributed by atoms with Crippen LogP contribution in [0.5, 0.6) is 0 Å². The lowest BCUT2D eigenvalue weighted by molar-refractivity contribution is -0.129. The molecule has 0 saturated heterocycles. The number of aromatic nitrogens is 2. The molecular formula is C16H13FIN3O2. The summed E-state index contributed by atoms with van der Waals surface area (Å²) in [5, 5.41) is 3.10. The van der Waals surface area contributed by atoms with Crippen LogP contribution < -0.4 is 5.32 Å². The number of carbonyl (C=O) groups is 1. The van der Waals surface area contributed by atoms with Crippen LogP contribution in [0.3, 0.4) is 0 Å². The van der Waals surface area contributed by atoms with Gasteiger partial charge in [0, 0.05) is 14.8 Å². The third kappa shape index (κ3) is 3.14. The van der Waals surface area contributed by atoms with E-state index in [1.807, 2.05) is 25.1 Å². The summed E-state index contributed by atoms with van der Waals surface area (Å²) in [6.07, 6.45) is 1.43. The number of carbonyl (C=O) groups excluding carboxylic acids is 1. The van der Waals surface area contributed by atoms with Crippen LogP contribution in [0.25, 0.3) is 11.0 Å². The number of fused-ring (bicyclic) bond motifs is 1. The molecule has 23 heavy (non-hydrogen) atoms. The van der Waals surface area contributed by atoms with Gasteiger partial charge in [-0.2, -0.15) is 0 Å². The predicted octanol–water partition coefficient (Wildman–Crippen LogP) is 4.03. The summed E-state index contributed by atoms with van der Waals surface area (Å²) in [6.45, 7) is 2.26. The van der Waals surface area contributed by atoms with Crippen molar-refractivity contribution in [2.24, 2.45) is 0 Å². The van der Waals surface area contributed by atoms with Gasteiger partial charge >= 0.3 is 0 Å². The number of nitrogens with zero attached hydrogens (tertiary/aromatic N) is 1. The molecule has 3 aromatic rings. The van der Waals surface area contributed by atoms with E-state index in [1.165, 1.54) is 6.33 Å². The summed E-state index contributed by atoms with van der Waals surface area (Å²) in [7, 11) is 0. The molecule has 1 heterocycles. The Morgan fingerprint density at radius 2 is 2.26 bits per heavy atom. The monoisotopic (exact) mass is 425 g/mol. The topological polar surface area (TPSA) is 67.0 Å². The van der Waals surface area contributed by atoms with E-state index in [0.29, 0.717) is 17.6 Å². The van der Waals surface area contributed by atoms with Gasteiger partial charge in [-0.25, -0.2) is 9.37 Å². The van der Waals surface area contributed by atoms with Gasteiger partial charge in [0.05, 0.1) is 17.5 Å². The second-order valence-corrected chi connectivity index (χ2v) is 6.26. The zero-order chi connectivity index (χ0) is 16.4. The third-order valence-electron chi connectivity index (χ3n) is 3.49. The molecule has 0 bridgehead atoms. The average Bonchev–Trinajstić information content (AvgIpc) is 2.99. The Morgan fingerprint density at radius 1 is 1.43 bits per heavy atom. The van der Waals surface area contributed by atoms with Crippen LogP contribution in [0.1, 0.15) is 11.1 Å². The molecule has 5 nitrogen and oxygen atoms in total. The Hall–Kier alpha value is -2.16. The fraction of sp³-hybridized carbons (Fsp3) is 0.125. The zero-order valence-corrected chi connectivity index (χ0v) is 14.3. The first-order valence-corrected chi connectivity index (χ1v) is 7.91. The van der Waals surface area contributed by atoms with Crippen molar-refractivity contribution in [2.45, 2.75) is 13.5 Å². The number of nitrogens with one attached hydrogen (secondary N) is 2. The molecule has 7 heteroatoms. The maximum absolute atomic E-state index is 14.8. The Kier molecular flexibility index (Phi) is 4.46. The maximum atomic E-state index is 14.8. The fourth-order valence-corrected chi connectivity index (χ4v) is 3.02. The van der Waals surface area contributed by atoms with Crippen molar-refractivity contribution in [1.82, 2.24) is 9.97 Å². The normalized spacial score (nSPS) is 10.7. The van der Waals surface area contributed by atoms with Crippen molar-refractivity contribution in [3.63, 3.8) is 0 Å². The Morgan fingerprint density at radius 3 is 3.00 bits per heavy atom. The average molecular weight is 425 g/mol. The van der Waals surface area contributed by atoms with Crippen molar-refractivity contribution in [1.29, 1.82) is 0 Å². The Bertz CT molecular complexity index is 879. The van der Waals surface area contributed by atoms with Gasteiger partial charge in [-0.05, 0) is 59.3 Å². The lowest BCUT2D eigenvalue weighted by Crippen LogP contribution is -2.03. The molecule has 3 rings (SSSR count). The van der Waals surface area contributed by atoms with E-state index in [9.17, 15) is 9.18 Å². The minimum atomic E-state index is -0.480. The predicted molar refractivity (Wildman–Crippen MR) is 94.1 cm³/mol. The number of halogens is 2. The number of aryl methyl sites for hydroxylation is 1. The van der Waals surface area contributed by atoms with Gasteiger partial charge in [0.1, 0.15) is 12.1 Å². The minimum absolute atomic E-state index is 0.0267. The second-order valence-electron chi connectivity index (χ2n) is 5.01. The number of hydrogen-bond donors (Lipinski definition) is 2. The molecule has 0 aliphatic carbocycles. The molecule has 2 N–H and O–H groups in total. The summed E-state index contributed by atoms with van der Waals surface area (Å²) < 4.78 is 20.7. The molecule has 0 radical (unpaired) electrons. The first-order chi connectivity index (χ1) is 11.1. The minimum Gasteiger partial charge on any atom is -0.463 e. The van der Waals surface area contributed by atoms with E-state index in [0.717, 1.165) is 14.8 Å². The van der Waals surface area contributed by atoms with E-state index < -0.39 is 5.82 Å². The first-order valence-electron chi connectivity index (χ1n) is 6.83. The van der Waals surface area contributed by atoms with E-state index in [4.69, 9.17) is 4.74 Å². The third-order valence-corrected chi connectivity index (χ3v) is 4.16. The zero-order valence-electron chi connectivity index (χ0n) is 12.2. The quantitative estimate of drug-likeness (QED) is 0.479. The highest BCUT2D eigenvalue weighted by molar-refractivity contribution is 14.1. The molecule has 0 aliphatic heterocycles. The summed E-state index contributed by atoms with van der Waals surface area (Å²) in [5.74, 6) is -0.480. The number of benzene rings is 2. The molecule has 1 aromatic heterocycles. The van der Waals surface area contributed by atoms with Crippen molar-refractivity contribution in [3.8, 4) is 0 Å². The molecule has 0 spiro atoms. The van der Waals surface area contributed by atoms with Crippen molar-refractivity contribution >= 4 is 51.5 Å². The first kappa shape index (κ1) is 15.7. The van der Waals surface area contributed by atoms with Crippen LogP contribution in [0.4, 0.5) is 15.8 Å². The van der Waals surface area contributed by atoms with Crippen molar-refractivity contribution in [2.75, 3.05) is 5.32 Å². The van der Waals surface area contributed by atoms with Crippen LogP contribution >= 0.6 is 22.6 Å². The van der Waals surface area contributed by atoms with Crippen LogP contribution in [-0.2, 0) is 16.1 Å². The fourth-order valence-electron chi connectivity index (χ4n) is 2.37. The van der Waals surface area contributed by atoms with E-state index >= 15 is 0 Å². The van der Waals surface area contributed by atoms with Gasteiger partial charge in [-0.15, -0.1) is 0 Å². The van der Waals surface area contributed by atoms with Crippen LogP contribution in [0, 0.1) is 16.3 Å². The number of imidazole rings is 1. The van der Waals surface area contributed by atoms with Crippen LogP contribution in [0.15, 0.2) is 30.6 Å². The number of H-pyrrole nitrogens is 1. The van der Waals surface area contributed by atoms with Crippen molar-refractivity contribution < 1.29 is 13.9 Å². The SMILES string of the molecule is Cc1cc(I)ccc1Nc1c(COC=O)cc2[nH]cnc2c1F. The molecule has 0 atom stereocenters. The maximum Gasteiger partial charge on any atom is 0.293 e. The summed E-state index contributed by atoms with van der Waals surface area (Å²) in [5.41, 5.74) is 3.36. The van der Waals surface area contributed by atoms with E-state index in [-0.39, 0.29) is 17.8 Å². The highest BCUT2D eigenvalue weighted by Crippen LogP contribution is 2.31. The van der Waals surface area contributed by atoms with Gasteiger partial charge < -0.3 is 15.0 Å². The van der Waals surface area contributed by atoms with Gasteiger partial charge in [0.25, 0.3) is 6.47 Å². The molecule has 118 valence electrons. The van der Waals surface area contributed by atoms with Gasteiger partial charge in [-0.3, -0.25) is 4.79 Å². The number of anilines is 2. The van der Waals surface area contributed by atoms with Crippen molar-refractivity contribution in [3.05, 3.63) is 51.1 Å². The number of aromatic amines is 1. The van der Waals surface area contributed by atoms with Gasteiger partial charge in [0.15, 0.2) is 5.82 Å². The van der Waals surface area contributed by atoms with E-state index in [2.05, 4.69) is 37.9 Å². The molecule has 0 aliphatic rings. The summed E-state index contributed by atoms with van der Waals surface area (Å²) in [4.78, 5) is 17.3. The second kappa shape index (κ2) is 6.53. The molecule has 0 amide bonds. The number of ether oxygens (including phenoxy) is 1. The Balaban J connectivity index is 2.09. The molecule has 0 saturated carbocycles. The molecule has 0 fully saturated rings. The highest BCUT2D eigenvalue weighted by atomic mass is 127. The van der Waals surface area contributed by atoms with Gasteiger partial charge in [0.2, 0.25) is 0 Å². The Labute approximate surface area is 145 Å². The van der Waals surface area contributed by atoms with Crippen LogP contribution in [-0.4, -0.2) is 16.4 Å².